The van der Waals surface area contributed by atoms with Gasteiger partial charge in [0, 0.05) is 10.4 Å². The van der Waals surface area contributed by atoms with Crippen LogP contribution in [0, 0.1) is 0 Å². The molecule has 7 nitrogen and oxygen atoms in total. The summed E-state index contributed by atoms with van der Waals surface area (Å²) < 4.78 is 11.9. The molecule has 1 atom stereocenters. The molecule has 1 aliphatic carbocycles. The van der Waals surface area contributed by atoms with E-state index in [1.54, 1.807) is 19.1 Å². The summed E-state index contributed by atoms with van der Waals surface area (Å²) in [5.74, 6) is -1.55. The highest BCUT2D eigenvalue weighted by Crippen LogP contribution is 2.38. The molecule has 0 saturated heterocycles. The van der Waals surface area contributed by atoms with Crippen LogP contribution in [0.4, 0.5) is 5.00 Å². The molecule has 1 unspecified atom stereocenters. The Morgan fingerprint density at radius 2 is 1.74 bits per heavy atom. The highest BCUT2D eigenvalue weighted by atomic mass is 32.1. The number of fused-ring (bicyclic) bond motifs is 2. The lowest BCUT2D eigenvalue weighted by Gasteiger charge is -2.15. The van der Waals surface area contributed by atoms with Gasteiger partial charge in [0.15, 0.2) is 6.10 Å². The number of thiazole rings is 1. The molecular formula is C29H28N2O5S2. The van der Waals surface area contributed by atoms with Gasteiger partial charge in [0.25, 0.3) is 5.91 Å². The lowest BCUT2D eigenvalue weighted by molar-refractivity contribution is -0.123. The standard InChI is InChI=1S/C29H28N2O5S2/c1-3-35-29(34)24-20-13-5-4-6-15-22(20)37-27(24)31-25(32)17(2)36-28(33)19-12-8-7-11-18(19)26-30-21-14-9-10-16-23(21)38-26/h7-12,14,16-17H,3-6,13,15H2,1-2H3,(H,31,32). The second-order valence-corrected chi connectivity index (χ2v) is 11.2. The van der Waals surface area contributed by atoms with E-state index in [0.29, 0.717) is 26.7 Å². The van der Waals surface area contributed by atoms with Crippen molar-refractivity contribution in [1.82, 2.24) is 4.98 Å². The fourth-order valence-corrected chi connectivity index (χ4v) is 6.86. The van der Waals surface area contributed by atoms with Gasteiger partial charge in [-0.15, -0.1) is 22.7 Å². The largest absolute Gasteiger partial charge is 0.462 e. The summed E-state index contributed by atoms with van der Waals surface area (Å²) in [5, 5.41) is 4.00. The molecule has 4 aromatic rings. The van der Waals surface area contributed by atoms with Crippen LogP contribution in [0.15, 0.2) is 48.5 Å². The second-order valence-electron chi connectivity index (χ2n) is 9.06. The minimum Gasteiger partial charge on any atom is -0.462 e. The van der Waals surface area contributed by atoms with Crippen LogP contribution in [-0.2, 0) is 27.1 Å². The number of para-hydroxylation sites is 1. The number of carbonyl (C=O) groups excluding carboxylic acids is 3. The molecule has 38 heavy (non-hydrogen) atoms. The van der Waals surface area contributed by atoms with Crippen LogP contribution in [0.3, 0.4) is 0 Å². The number of ether oxygens (including phenoxy) is 2. The third-order valence-electron chi connectivity index (χ3n) is 6.46. The van der Waals surface area contributed by atoms with Gasteiger partial charge in [0.2, 0.25) is 0 Å². The van der Waals surface area contributed by atoms with E-state index in [4.69, 9.17) is 9.47 Å². The second kappa shape index (κ2) is 11.4. The number of anilines is 1. The van der Waals surface area contributed by atoms with E-state index in [-0.39, 0.29) is 6.61 Å². The maximum atomic E-state index is 13.2. The number of amides is 1. The lowest BCUT2D eigenvalue weighted by atomic mass is 10.1. The van der Waals surface area contributed by atoms with Crippen molar-refractivity contribution in [1.29, 1.82) is 0 Å². The number of carbonyl (C=O) groups is 3. The van der Waals surface area contributed by atoms with E-state index in [1.807, 2.05) is 36.4 Å². The van der Waals surface area contributed by atoms with Crippen LogP contribution in [0.5, 0.6) is 0 Å². The third kappa shape index (κ3) is 5.35. The minimum atomic E-state index is -1.08. The van der Waals surface area contributed by atoms with Gasteiger partial charge in [0.05, 0.1) is 28.0 Å². The van der Waals surface area contributed by atoms with Gasteiger partial charge < -0.3 is 14.8 Å². The molecule has 1 N–H and O–H groups in total. The van der Waals surface area contributed by atoms with E-state index >= 15 is 0 Å². The van der Waals surface area contributed by atoms with Crippen molar-refractivity contribution >= 4 is 55.7 Å². The summed E-state index contributed by atoms with van der Waals surface area (Å²) in [6.45, 7) is 3.53. The van der Waals surface area contributed by atoms with Crippen molar-refractivity contribution in [2.45, 2.75) is 52.1 Å². The Morgan fingerprint density at radius 3 is 2.55 bits per heavy atom. The van der Waals surface area contributed by atoms with E-state index in [2.05, 4.69) is 10.3 Å². The average Bonchev–Trinajstić information content (AvgIpc) is 3.42. The summed E-state index contributed by atoms with van der Waals surface area (Å²) in [6.07, 6.45) is 3.72. The van der Waals surface area contributed by atoms with Crippen LogP contribution >= 0.6 is 22.7 Å². The van der Waals surface area contributed by atoms with Crippen LogP contribution in [0.25, 0.3) is 20.8 Å². The predicted octanol–water partition coefficient (Wildman–Crippen LogP) is 6.65. The van der Waals surface area contributed by atoms with E-state index < -0.39 is 23.9 Å². The molecule has 1 amide bonds. The maximum Gasteiger partial charge on any atom is 0.341 e. The first-order valence-electron chi connectivity index (χ1n) is 12.7. The van der Waals surface area contributed by atoms with Crippen LogP contribution in [0.1, 0.15) is 64.3 Å². The van der Waals surface area contributed by atoms with Gasteiger partial charge in [-0.3, -0.25) is 4.79 Å². The zero-order chi connectivity index (χ0) is 26.6. The Hall–Kier alpha value is -3.56. The van der Waals surface area contributed by atoms with Gasteiger partial charge in [-0.05, 0) is 63.3 Å². The summed E-state index contributed by atoms with van der Waals surface area (Å²) in [6, 6.07) is 14.9. The molecule has 2 heterocycles. The monoisotopic (exact) mass is 548 g/mol. The Morgan fingerprint density at radius 1 is 0.974 bits per heavy atom. The van der Waals surface area contributed by atoms with Crippen molar-refractivity contribution in [3.05, 3.63) is 70.1 Å². The number of rotatable bonds is 7. The molecular weight excluding hydrogens is 520 g/mol. The number of aryl methyl sites for hydroxylation is 1. The molecule has 0 radical (unpaired) electrons. The van der Waals surface area contributed by atoms with E-state index in [1.165, 1.54) is 29.6 Å². The molecule has 0 fully saturated rings. The van der Waals surface area contributed by atoms with Gasteiger partial charge in [0.1, 0.15) is 10.0 Å². The van der Waals surface area contributed by atoms with Crippen LogP contribution in [0.2, 0.25) is 0 Å². The zero-order valence-corrected chi connectivity index (χ0v) is 22.9. The Labute approximate surface area is 228 Å². The Balaban J connectivity index is 1.35. The minimum absolute atomic E-state index is 0.249. The number of benzene rings is 2. The highest BCUT2D eigenvalue weighted by Gasteiger charge is 2.29. The van der Waals surface area contributed by atoms with Crippen molar-refractivity contribution in [2.75, 3.05) is 11.9 Å². The first kappa shape index (κ1) is 26.1. The highest BCUT2D eigenvalue weighted by molar-refractivity contribution is 7.21. The number of hydrogen-bond donors (Lipinski definition) is 1. The summed E-state index contributed by atoms with van der Waals surface area (Å²) in [4.78, 5) is 44.9. The fraction of sp³-hybridized carbons (Fsp3) is 0.310. The first-order valence-corrected chi connectivity index (χ1v) is 14.4. The van der Waals surface area contributed by atoms with Crippen molar-refractivity contribution in [2.24, 2.45) is 0 Å². The quantitative estimate of drug-likeness (QED) is 0.205. The van der Waals surface area contributed by atoms with Gasteiger partial charge >= 0.3 is 11.9 Å². The molecule has 196 valence electrons. The third-order valence-corrected chi connectivity index (χ3v) is 8.74. The van der Waals surface area contributed by atoms with E-state index in [0.717, 1.165) is 52.8 Å². The normalized spacial score (nSPS) is 13.8. The maximum absolute atomic E-state index is 13.2. The molecule has 2 aromatic heterocycles. The van der Waals surface area contributed by atoms with Crippen LogP contribution in [-0.4, -0.2) is 35.5 Å². The van der Waals surface area contributed by atoms with Crippen LogP contribution < -0.4 is 5.32 Å². The number of aromatic nitrogens is 1. The zero-order valence-electron chi connectivity index (χ0n) is 21.2. The molecule has 1 aliphatic rings. The van der Waals surface area contributed by atoms with Gasteiger partial charge in [-0.25, -0.2) is 14.6 Å². The topological polar surface area (TPSA) is 94.6 Å². The van der Waals surface area contributed by atoms with E-state index in [9.17, 15) is 14.4 Å². The average molecular weight is 549 g/mol. The number of nitrogens with zero attached hydrogens (tertiary/aromatic N) is 1. The molecule has 0 aliphatic heterocycles. The molecule has 5 rings (SSSR count). The predicted molar refractivity (Wildman–Crippen MR) is 150 cm³/mol. The molecule has 0 bridgehead atoms. The van der Waals surface area contributed by atoms with Gasteiger partial charge in [-0.1, -0.05) is 36.8 Å². The molecule has 2 aromatic carbocycles. The number of esters is 2. The molecule has 0 saturated carbocycles. The van der Waals surface area contributed by atoms with Crippen molar-refractivity contribution in [3.8, 4) is 10.6 Å². The Kier molecular flexibility index (Phi) is 7.85. The lowest BCUT2D eigenvalue weighted by Crippen LogP contribution is -2.30. The Bertz CT molecular complexity index is 1470. The summed E-state index contributed by atoms with van der Waals surface area (Å²) in [7, 11) is 0. The first-order chi connectivity index (χ1) is 18.5. The molecule has 9 heteroatoms. The summed E-state index contributed by atoms with van der Waals surface area (Å²) >= 11 is 2.90. The molecule has 0 spiro atoms. The smallest absolute Gasteiger partial charge is 0.341 e. The fourth-order valence-electron chi connectivity index (χ4n) is 4.58. The van der Waals surface area contributed by atoms with Crippen molar-refractivity contribution in [3.63, 3.8) is 0 Å². The van der Waals surface area contributed by atoms with Crippen molar-refractivity contribution < 1.29 is 23.9 Å². The van der Waals surface area contributed by atoms with Gasteiger partial charge in [-0.2, -0.15) is 0 Å². The number of thiophene rings is 1. The number of hydrogen-bond acceptors (Lipinski definition) is 8. The summed E-state index contributed by atoms with van der Waals surface area (Å²) in [5.41, 5.74) is 3.24. The SMILES string of the molecule is CCOC(=O)c1c(NC(=O)C(C)OC(=O)c2ccccc2-c2nc3ccccc3s2)sc2c1CCCCC2. The number of nitrogens with one attached hydrogen (secondary N) is 1.